The lowest BCUT2D eigenvalue weighted by molar-refractivity contribution is -0.138. The molecule has 3 rings (SSSR count). The number of hydrogen-bond donors (Lipinski definition) is 3. The Bertz CT molecular complexity index is 887. The molecule has 1 saturated heterocycles. The van der Waals surface area contributed by atoms with Gasteiger partial charge in [0.05, 0.1) is 12.2 Å². The van der Waals surface area contributed by atoms with E-state index in [4.69, 9.17) is 4.74 Å². The van der Waals surface area contributed by atoms with Crippen molar-refractivity contribution >= 4 is 23.5 Å². The second-order valence-corrected chi connectivity index (χ2v) is 6.56. The summed E-state index contributed by atoms with van der Waals surface area (Å²) in [6.07, 6.45) is 0.423. The predicted octanol–water partition coefficient (Wildman–Crippen LogP) is 2.64. The SMILES string of the molecule is CCC1(C)NC(=O)N(NC(=O)CNc2ccccc2Oc2ccccc2)C1=O. The van der Waals surface area contributed by atoms with E-state index in [1.807, 2.05) is 42.5 Å². The van der Waals surface area contributed by atoms with Crippen LogP contribution in [0.3, 0.4) is 0 Å². The Balaban J connectivity index is 1.61. The Morgan fingerprint density at radius 2 is 1.79 bits per heavy atom. The van der Waals surface area contributed by atoms with Crippen LogP contribution in [0, 0.1) is 0 Å². The Hall–Kier alpha value is -3.55. The number of hydrogen-bond acceptors (Lipinski definition) is 5. The monoisotopic (exact) mass is 382 g/mol. The average Bonchev–Trinajstić information content (AvgIpc) is 2.92. The van der Waals surface area contributed by atoms with Gasteiger partial charge in [-0.1, -0.05) is 37.3 Å². The van der Waals surface area contributed by atoms with Gasteiger partial charge in [0.2, 0.25) is 0 Å². The van der Waals surface area contributed by atoms with Gasteiger partial charge in [-0.05, 0) is 37.6 Å². The van der Waals surface area contributed by atoms with Crippen molar-refractivity contribution in [1.29, 1.82) is 0 Å². The van der Waals surface area contributed by atoms with Gasteiger partial charge in [-0.25, -0.2) is 4.79 Å². The number of urea groups is 1. The number of anilines is 1. The van der Waals surface area contributed by atoms with Crippen molar-refractivity contribution in [3.63, 3.8) is 0 Å². The molecule has 1 aliphatic heterocycles. The van der Waals surface area contributed by atoms with Crippen molar-refractivity contribution in [3.05, 3.63) is 54.6 Å². The zero-order chi connectivity index (χ0) is 20.1. The fourth-order valence-electron chi connectivity index (χ4n) is 2.68. The highest BCUT2D eigenvalue weighted by Gasteiger charge is 2.47. The fraction of sp³-hybridized carbons (Fsp3) is 0.250. The van der Waals surface area contributed by atoms with Gasteiger partial charge in [0.15, 0.2) is 5.75 Å². The molecule has 1 unspecified atom stereocenters. The molecule has 4 amide bonds. The summed E-state index contributed by atoms with van der Waals surface area (Å²) >= 11 is 0. The number of rotatable bonds is 7. The molecule has 2 aromatic carbocycles. The lowest BCUT2D eigenvalue weighted by Crippen LogP contribution is -2.50. The third-order valence-electron chi connectivity index (χ3n) is 4.50. The molecule has 0 bridgehead atoms. The summed E-state index contributed by atoms with van der Waals surface area (Å²) in [5, 5.41) is 6.26. The molecule has 0 spiro atoms. The van der Waals surface area contributed by atoms with Crippen LogP contribution in [0.5, 0.6) is 11.5 Å². The van der Waals surface area contributed by atoms with Gasteiger partial charge in [-0.15, -0.1) is 0 Å². The highest BCUT2D eigenvalue weighted by Crippen LogP contribution is 2.28. The normalized spacial score (nSPS) is 18.6. The van der Waals surface area contributed by atoms with Crippen molar-refractivity contribution in [2.75, 3.05) is 11.9 Å². The number of carbonyl (C=O) groups excluding carboxylic acids is 3. The van der Waals surface area contributed by atoms with Crippen LogP contribution in [0.15, 0.2) is 54.6 Å². The minimum atomic E-state index is -1.01. The van der Waals surface area contributed by atoms with Crippen LogP contribution in [-0.2, 0) is 9.59 Å². The van der Waals surface area contributed by atoms with Gasteiger partial charge in [0.1, 0.15) is 11.3 Å². The van der Waals surface area contributed by atoms with Gasteiger partial charge < -0.3 is 15.4 Å². The van der Waals surface area contributed by atoms with Gasteiger partial charge in [-0.3, -0.25) is 15.0 Å². The molecule has 0 saturated carbocycles. The number of nitrogens with one attached hydrogen (secondary N) is 3. The van der Waals surface area contributed by atoms with Crippen molar-refractivity contribution in [1.82, 2.24) is 15.8 Å². The van der Waals surface area contributed by atoms with Gasteiger partial charge in [0.25, 0.3) is 11.8 Å². The first-order valence-corrected chi connectivity index (χ1v) is 8.95. The predicted molar refractivity (Wildman–Crippen MR) is 104 cm³/mol. The van der Waals surface area contributed by atoms with Crippen LogP contribution < -0.4 is 20.8 Å². The number of nitrogens with zero attached hydrogens (tertiary/aromatic N) is 1. The van der Waals surface area contributed by atoms with E-state index in [0.29, 0.717) is 23.6 Å². The van der Waals surface area contributed by atoms with E-state index in [0.717, 1.165) is 5.01 Å². The lowest BCUT2D eigenvalue weighted by Gasteiger charge is -2.19. The summed E-state index contributed by atoms with van der Waals surface area (Å²) in [5.74, 6) is 0.203. The van der Waals surface area contributed by atoms with Gasteiger partial charge in [-0.2, -0.15) is 5.01 Å². The molecule has 1 fully saturated rings. The number of ether oxygens (including phenoxy) is 1. The molecule has 3 N–H and O–H groups in total. The Labute approximate surface area is 162 Å². The molecule has 0 radical (unpaired) electrons. The van der Waals surface area contributed by atoms with Crippen molar-refractivity contribution in [2.45, 2.75) is 25.8 Å². The number of para-hydroxylation sites is 3. The first-order valence-electron chi connectivity index (χ1n) is 8.95. The minimum absolute atomic E-state index is 0.144. The maximum Gasteiger partial charge on any atom is 0.344 e. The van der Waals surface area contributed by atoms with E-state index in [2.05, 4.69) is 16.1 Å². The Morgan fingerprint density at radius 1 is 1.11 bits per heavy atom. The van der Waals surface area contributed by atoms with Crippen molar-refractivity contribution in [3.8, 4) is 11.5 Å². The summed E-state index contributed by atoms with van der Waals surface area (Å²) in [7, 11) is 0. The summed E-state index contributed by atoms with van der Waals surface area (Å²) in [5.41, 5.74) is 1.94. The molecule has 1 heterocycles. The van der Waals surface area contributed by atoms with Gasteiger partial charge in [0, 0.05) is 0 Å². The fourth-order valence-corrected chi connectivity index (χ4v) is 2.68. The number of amides is 4. The number of hydrazine groups is 1. The molecular weight excluding hydrogens is 360 g/mol. The number of imide groups is 1. The van der Waals surface area contributed by atoms with E-state index < -0.39 is 23.4 Å². The summed E-state index contributed by atoms with van der Waals surface area (Å²) in [4.78, 5) is 36.5. The van der Waals surface area contributed by atoms with Crippen LogP contribution in [0.2, 0.25) is 0 Å². The molecule has 0 aromatic heterocycles. The molecule has 2 aromatic rings. The zero-order valence-corrected chi connectivity index (χ0v) is 15.7. The maximum atomic E-state index is 12.3. The lowest BCUT2D eigenvalue weighted by atomic mass is 10.00. The molecule has 146 valence electrons. The quantitative estimate of drug-likeness (QED) is 0.639. The largest absolute Gasteiger partial charge is 0.455 e. The van der Waals surface area contributed by atoms with E-state index in [1.54, 1.807) is 26.0 Å². The first-order chi connectivity index (χ1) is 13.4. The Kier molecular flexibility index (Phi) is 5.49. The molecular formula is C20H22N4O4. The van der Waals surface area contributed by atoms with Crippen molar-refractivity contribution < 1.29 is 19.1 Å². The standard InChI is InChI=1S/C20H22N4O4/c1-3-20(2)18(26)24(19(27)22-20)23-17(25)13-21-15-11-7-8-12-16(15)28-14-9-5-4-6-10-14/h4-12,21H,3,13H2,1-2H3,(H,22,27)(H,23,25). The summed E-state index contributed by atoms with van der Waals surface area (Å²) in [6, 6.07) is 15.8. The van der Waals surface area contributed by atoms with Crippen molar-refractivity contribution in [2.24, 2.45) is 0 Å². The van der Waals surface area contributed by atoms with Crippen LogP contribution in [-0.4, -0.2) is 34.9 Å². The third-order valence-corrected chi connectivity index (χ3v) is 4.50. The third kappa shape index (κ3) is 4.06. The highest BCUT2D eigenvalue weighted by molar-refractivity contribution is 6.07. The summed E-state index contributed by atoms with van der Waals surface area (Å²) < 4.78 is 5.83. The summed E-state index contributed by atoms with van der Waals surface area (Å²) in [6.45, 7) is 3.26. The number of benzene rings is 2. The van der Waals surface area contributed by atoms with E-state index in [1.165, 1.54) is 0 Å². The second-order valence-electron chi connectivity index (χ2n) is 6.56. The molecule has 8 nitrogen and oxygen atoms in total. The van der Waals surface area contributed by atoms with E-state index >= 15 is 0 Å². The van der Waals surface area contributed by atoms with Crippen LogP contribution >= 0.6 is 0 Å². The molecule has 1 aliphatic rings. The Morgan fingerprint density at radius 3 is 2.46 bits per heavy atom. The van der Waals surface area contributed by atoms with Gasteiger partial charge >= 0.3 is 6.03 Å². The molecule has 8 heteroatoms. The average molecular weight is 382 g/mol. The molecule has 1 atom stereocenters. The molecule has 28 heavy (non-hydrogen) atoms. The zero-order valence-electron chi connectivity index (χ0n) is 15.7. The highest BCUT2D eigenvalue weighted by atomic mass is 16.5. The van der Waals surface area contributed by atoms with Crippen LogP contribution in [0.25, 0.3) is 0 Å². The van der Waals surface area contributed by atoms with E-state index in [9.17, 15) is 14.4 Å². The topological polar surface area (TPSA) is 99.8 Å². The minimum Gasteiger partial charge on any atom is -0.455 e. The first kappa shape index (κ1) is 19.2. The molecule has 0 aliphatic carbocycles. The second kappa shape index (κ2) is 7.99. The number of carbonyl (C=O) groups is 3. The smallest absolute Gasteiger partial charge is 0.344 e. The maximum absolute atomic E-state index is 12.3. The van der Waals surface area contributed by atoms with E-state index in [-0.39, 0.29) is 6.54 Å². The van der Waals surface area contributed by atoms with Crippen LogP contribution in [0.1, 0.15) is 20.3 Å². The van der Waals surface area contributed by atoms with Crippen LogP contribution in [0.4, 0.5) is 10.5 Å².